The van der Waals surface area contributed by atoms with E-state index in [9.17, 15) is 0 Å². The van der Waals surface area contributed by atoms with Crippen LogP contribution in [0.5, 0.6) is 0 Å². The number of anilines is 2. The van der Waals surface area contributed by atoms with Gasteiger partial charge in [0.05, 0.1) is 16.9 Å². The van der Waals surface area contributed by atoms with Gasteiger partial charge in [-0.3, -0.25) is 0 Å². The number of para-hydroxylation sites is 1. The Morgan fingerprint density at radius 1 is 1.44 bits per heavy atom. The average molecular weight is 215 g/mol. The molecule has 0 spiro atoms. The van der Waals surface area contributed by atoms with Gasteiger partial charge < -0.3 is 10.6 Å². The fourth-order valence-corrected chi connectivity index (χ4v) is 2.24. The minimum atomic E-state index is 0.342. The largest absolute Gasteiger partial charge is 0.396 e. The highest BCUT2D eigenvalue weighted by atomic mass is 15.2. The molecule has 0 bridgehead atoms. The van der Waals surface area contributed by atoms with E-state index >= 15 is 0 Å². The van der Waals surface area contributed by atoms with Gasteiger partial charge in [0.1, 0.15) is 6.07 Å². The first-order valence-electron chi connectivity index (χ1n) is 5.57. The first-order chi connectivity index (χ1) is 7.53. The average Bonchev–Trinajstić information content (AvgIpc) is 2.59. The third-order valence-electron chi connectivity index (χ3n) is 3.22. The van der Waals surface area contributed by atoms with Gasteiger partial charge in [-0.1, -0.05) is 19.9 Å². The highest BCUT2D eigenvalue weighted by Gasteiger charge is 2.30. The molecular formula is C13H17N3. The van der Waals surface area contributed by atoms with E-state index in [4.69, 9.17) is 11.0 Å². The number of nitriles is 1. The van der Waals surface area contributed by atoms with Crippen molar-refractivity contribution in [2.75, 3.05) is 23.7 Å². The van der Waals surface area contributed by atoms with Gasteiger partial charge in [0.2, 0.25) is 0 Å². The molecule has 1 aromatic carbocycles. The zero-order valence-electron chi connectivity index (χ0n) is 9.83. The first kappa shape index (κ1) is 10.8. The second-order valence-electron chi connectivity index (χ2n) is 5.19. The van der Waals surface area contributed by atoms with E-state index in [0.717, 1.165) is 18.8 Å². The monoisotopic (exact) mass is 215 g/mol. The molecule has 0 radical (unpaired) electrons. The Balaban J connectivity index is 2.33. The third kappa shape index (κ3) is 1.83. The minimum absolute atomic E-state index is 0.342. The smallest absolute Gasteiger partial charge is 0.101 e. The van der Waals surface area contributed by atoms with Crippen molar-refractivity contribution >= 4 is 11.4 Å². The van der Waals surface area contributed by atoms with Crippen LogP contribution in [0, 0.1) is 16.7 Å². The number of rotatable bonds is 1. The van der Waals surface area contributed by atoms with Crippen LogP contribution >= 0.6 is 0 Å². The molecule has 1 aliphatic rings. The molecule has 16 heavy (non-hydrogen) atoms. The maximum Gasteiger partial charge on any atom is 0.101 e. The van der Waals surface area contributed by atoms with Crippen molar-refractivity contribution in [3.8, 4) is 6.07 Å². The summed E-state index contributed by atoms with van der Waals surface area (Å²) in [6, 6.07) is 7.79. The van der Waals surface area contributed by atoms with Crippen LogP contribution in [0.2, 0.25) is 0 Å². The van der Waals surface area contributed by atoms with Crippen molar-refractivity contribution < 1.29 is 0 Å². The highest BCUT2D eigenvalue weighted by Crippen LogP contribution is 2.35. The summed E-state index contributed by atoms with van der Waals surface area (Å²) in [6.45, 7) is 6.55. The van der Waals surface area contributed by atoms with Crippen LogP contribution in [0.1, 0.15) is 25.8 Å². The van der Waals surface area contributed by atoms with E-state index in [2.05, 4.69) is 24.8 Å². The molecule has 1 aliphatic heterocycles. The molecule has 2 N–H and O–H groups in total. The molecule has 1 heterocycles. The summed E-state index contributed by atoms with van der Waals surface area (Å²) >= 11 is 0. The number of hydrogen-bond acceptors (Lipinski definition) is 3. The lowest BCUT2D eigenvalue weighted by molar-refractivity contribution is 0.418. The molecule has 0 aromatic heterocycles. The lowest BCUT2D eigenvalue weighted by Gasteiger charge is -2.23. The van der Waals surface area contributed by atoms with Crippen molar-refractivity contribution in [2.24, 2.45) is 5.41 Å². The Bertz CT molecular complexity index is 443. The van der Waals surface area contributed by atoms with Crippen molar-refractivity contribution in [3.05, 3.63) is 23.8 Å². The van der Waals surface area contributed by atoms with Crippen LogP contribution in [0.25, 0.3) is 0 Å². The fraction of sp³-hybridized carbons (Fsp3) is 0.462. The summed E-state index contributed by atoms with van der Waals surface area (Å²) in [4.78, 5) is 2.27. The van der Waals surface area contributed by atoms with Gasteiger partial charge in [-0.25, -0.2) is 0 Å². The number of nitrogens with two attached hydrogens (primary N) is 1. The molecular weight excluding hydrogens is 198 g/mol. The molecule has 0 amide bonds. The normalized spacial score (nSPS) is 18.4. The highest BCUT2D eigenvalue weighted by molar-refractivity contribution is 5.74. The molecule has 84 valence electrons. The van der Waals surface area contributed by atoms with Crippen molar-refractivity contribution in [1.29, 1.82) is 5.26 Å². The predicted molar refractivity (Wildman–Crippen MR) is 66.2 cm³/mol. The number of nitrogen functional groups attached to an aromatic ring is 1. The van der Waals surface area contributed by atoms with Crippen LogP contribution in [0.4, 0.5) is 11.4 Å². The summed E-state index contributed by atoms with van der Waals surface area (Å²) < 4.78 is 0. The van der Waals surface area contributed by atoms with Gasteiger partial charge in [-0.05, 0) is 24.0 Å². The Kier molecular flexibility index (Phi) is 2.51. The van der Waals surface area contributed by atoms with E-state index in [1.807, 2.05) is 12.1 Å². The summed E-state index contributed by atoms with van der Waals surface area (Å²) in [6.07, 6.45) is 1.17. The predicted octanol–water partition coefficient (Wildman–Crippen LogP) is 2.38. The number of hydrogen-bond donors (Lipinski definition) is 1. The van der Waals surface area contributed by atoms with E-state index < -0.39 is 0 Å². The fourth-order valence-electron chi connectivity index (χ4n) is 2.24. The molecule has 1 aromatic rings. The molecule has 1 saturated heterocycles. The van der Waals surface area contributed by atoms with Crippen LogP contribution < -0.4 is 10.6 Å². The first-order valence-corrected chi connectivity index (χ1v) is 5.57. The van der Waals surface area contributed by atoms with Gasteiger partial charge in [0.15, 0.2) is 0 Å². The quantitative estimate of drug-likeness (QED) is 0.732. The Morgan fingerprint density at radius 2 is 2.19 bits per heavy atom. The van der Waals surface area contributed by atoms with E-state index in [1.165, 1.54) is 6.42 Å². The number of benzene rings is 1. The third-order valence-corrected chi connectivity index (χ3v) is 3.22. The van der Waals surface area contributed by atoms with Gasteiger partial charge in [0.25, 0.3) is 0 Å². The minimum Gasteiger partial charge on any atom is -0.396 e. The maximum atomic E-state index is 8.94. The number of nitrogens with zero attached hydrogens (tertiary/aromatic N) is 2. The van der Waals surface area contributed by atoms with Crippen molar-refractivity contribution in [3.63, 3.8) is 0 Å². The van der Waals surface area contributed by atoms with E-state index in [-0.39, 0.29) is 0 Å². The zero-order chi connectivity index (χ0) is 11.8. The molecule has 1 fully saturated rings. The summed E-state index contributed by atoms with van der Waals surface area (Å²) in [5.74, 6) is 0. The Morgan fingerprint density at radius 3 is 2.75 bits per heavy atom. The topological polar surface area (TPSA) is 53.0 Å². The zero-order valence-corrected chi connectivity index (χ0v) is 9.83. The SMILES string of the molecule is CC1(C)CCN(c2cccc(C#N)c2N)C1. The maximum absolute atomic E-state index is 8.94. The lowest BCUT2D eigenvalue weighted by Crippen LogP contribution is -2.23. The standard InChI is InChI=1S/C13H17N3/c1-13(2)6-7-16(9-13)11-5-3-4-10(8-14)12(11)15/h3-5H,6-7,9,15H2,1-2H3. The molecule has 0 saturated carbocycles. The van der Waals surface area contributed by atoms with Crippen LogP contribution in [-0.4, -0.2) is 13.1 Å². The Labute approximate surface area is 96.5 Å². The van der Waals surface area contributed by atoms with Crippen LogP contribution in [0.15, 0.2) is 18.2 Å². The molecule has 0 atom stereocenters. The van der Waals surface area contributed by atoms with Crippen LogP contribution in [-0.2, 0) is 0 Å². The molecule has 2 rings (SSSR count). The molecule has 3 heteroatoms. The summed E-state index contributed by atoms with van der Waals surface area (Å²) in [5.41, 5.74) is 8.53. The summed E-state index contributed by atoms with van der Waals surface area (Å²) in [7, 11) is 0. The Hall–Kier alpha value is -1.69. The van der Waals surface area contributed by atoms with Crippen molar-refractivity contribution in [1.82, 2.24) is 0 Å². The molecule has 0 unspecified atom stereocenters. The lowest BCUT2D eigenvalue weighted by atomic mass is 9.93. The second-order valence-corrected chi connectivity index (χ2v) is 5.19. The molecule has 3 nitrogen and oxygen atoms in total. The van der Waals surface area contributed by atoms with Crippen LogP contribution in [0.3, 0.4) is 0 Å². The molecule has 0 aliphatic carbocycles. The van der Waals surface area contributed by atoms with Crippen molar-refractivity contribution in [2.45, 2.75) is 20.3 Å². The van der Waals surface area contributed by atoms with Gasteiger partial charge in [0, 0.05) is 13.1 Å². The van der Waals surface area contributed by atoms with Gasteiger partial charge >= 0.3 is 0 Å². The van der Waals surface area contributed by atoms with Gasteiger partial charge in [-0.2, -0.15) is 5.26 Å². The van der Waals surface area contributed by atoms with Gasteiger partial charge in [-0.15, -0.1) is 0 Å². The van der Waals surface area contributed by atoms with E-state index in [1.54, 1.807) is 6.07 Å². The van der Waals surface area contributed by atoms with E-state index in [0.29, 0.717) is 16.7 Å². The summed E-state index contributed by atoms with van der Waals surface area (Å²) in [5, 5.41) is 8.94. The second kappa shape index (κ2) is 3.71.